The highest BCUT2D eigenvalue weighted by molar-refractivity contribution is 7.89. The Labute approximate surface area is 129 Å². The molecule has 0 spiro atoms. The molecule has 1 atom stereocenters. The minimum atomic E-state index is -3.57. The number of nitrogens with zero attached hydrogens (tertiary/aromatic N) is 1. The second-order valence-electron chi connectivity index (χ2n) is 4.46. The lowest BCUT2D eigenvalue weighted by atomic mass is 10.1. The van der Waals surface area contributed by atoms with Crippen LogP contribution in [0.3, 0.4) is 0 Å². The van der Waals surface area contributed by atoms with Crippen LogP contribution in [0.1, 0.15) is 12.0 Å². The first kappa shape index (κ1) is 17.2. The highest BCUT2D eigenvalue weighted by atomic mass is 35.5. The summed E-state index contributed by atoms with van der Waals surface area (Å²) in [5.74, 6) is 0.323. The molecule has 20 heavy (non-hydrogen) atoms. The lowest BCUT2D eigenvalue weighted by Crippen LogP contribution is -2.30. The van der Waals surface area contributed by atoms with Crippen LogP contribution in [-0.4, -0.2) is 28.1 Å². The summed E-state index contributed by atoms with van der Waals surface area (Å²) in [6.45, 7) is 2.17. The van der Waals surface area contributed by atoms with Crippen molar-refractivity contribution < 1.29 is 8.42 Å². The molecule has 2 rings (SSSR count). The van der Waals surface area contributed by atoms with Crippen LogP contribution < -0.4 is 10.0 Å². The van der Waals surface area contributed by atoms with Gasteiger partial charge in [-0.05, 0) is 43.6 Å². The molecule has 110 valence electrons. The minimum Gasteiger partial charge on any atom is -0.316 e. The third kappa shape index (κ3) is 4.08. The van der Waals surface area contributed by atoms with Gasteiger partial charge in [-0.1, -0.05) is 11.6 Å². The summed E-state index contributed by atoms with van der Waals surface area (Å²) in [6.07, 6.45) is 0.969. The summed E-state index contributed by atoms with van der Waals surface area (Å²) in [7, 11) is -3.57. The van der Waals surface area contributed by atoms with Crippen LogP contribution in [0.15, 0.2) is 23.1 Å². The van der Waals surface area contributed by atoms with Crippen molar-refractivity contribution in [3.8, 4) is 6.07 Å². The molecule has 0 bridgehead atoms. The Hall–Kier alpha value is -0.840. The van der Waals surface area contributed by atoms with Gasteiger partial charge in [0.2, 0.25) is 10.0 Å². The van der Waals surface area contributed by atoms with E-state index in [0.29, 0.717) is 12.5 Å². The van der Waals surface area contributed by atoms with Gasteiger partial charge >= 0.3 is 0 Å². The van der Waals surface area contributed by atoms with Crippen molar-refractivity contribution in [2.24, 2.45) is 5.92 Å². The molecular formula is C12H15Cl2N3O2S. The van der Waals surface area contributed by atoms with Crippen LogP contribution in [0.4, 0.5) is 0 Å². The number of benzene rings is 1. The first-order valence-electron chi connectivity index (χ1n) is 5.93. The third-order valence-corrected chi connectivity index (χ3v) is 4.83. The zero-order chi connectivity index (χ0) is 13.9. The molecule has 1 aromatic rings. The normalized spacial score (nSPS) is 18.3. The molecule has 2 N–H and O–H groups in total. The predicted molar refractivity (Wildman–Crippen MR) is 79.6 cm³/mol. The van der Waals surface area contributed by atoms with Gasteiger partial charge in [0.25, 0.3) is 0 Å². The molecule has 1 fully saturated rings. The fraction of sp³-hybridized carbons (Fsp3) is 0.417. The predicted octanol–water partition coefficient (Wildman–Crippen LogP) is 1.52. The van der Waals surface area contributed by atoms with Crippen LogP contribution in [0.25, 0.3) is 0 Å². The van der Waals surface area contributed by atoms with Gasteiger partial charge in [-0.2, -0.15) is 5.26 Å². The smallest absolute Gasteiger partial charge is 0.240 e. The summed E-state index contributed by atoms with van der Waals surface area (Å²) in [4.78, 5) is 0.0856. The molecule has 1 aliphatic rings. The number of rotatable bonds is 4. The van der Waals surface area contributed by atoms with Crippen molar-refractivity contribution in [2.75, 3.05) is 19.6 Å². The molecule has 5 nitrogen and oxygen atoms in total. The van der Waals surface area contributed by atoms with Crippen LogP contribution in [0.5, 0.6) is 0 Å². The molecule has 1 heterocycles. The first-order valence-corrected chi connectivity index (χ1v) is 7.79. The highest BCUT2D eigenvalue weighted by Gasteiger charge is 2.20. The molecule has 0 aromatic heterocycles. The fourth-order valence-corrected chi connectivity index (χ4v) is 3.38. The van der Waals surface area contributed by atoms with E-state index in [1.807, 2.05) is 6.07 Å². The Morgan fingerprint density at radius 3 is 2.80 bits per heavy atom. The standard InChI is InChI=1S/C12H14ClN3O2S.ClH/c13-12-5-11(2-1-10(12)6-14)19(17,18)16-8-9-3-4-15-7-9;/h1-2,5,9,15-16H,3-4,7-8H2;1H. The second-order valence-corrected chi connectivity index (χ2v) is 6.64. The van der Waals surface area contributed by atoms with E-state index in [1.54, 1.807) is 0 Å². The number of sulfonamides is 1. The lowest BCUT2D eigenvalue weighted by molar-refractivity contribution is 0.539. The van der Waals surface area contributed by atoms with E-state index >= 15 is 0 Å². The number of hydrogen-bond acceptors (Lipinski definition) is 4. The van der Waals surface area contributed by atoms with Crippen LogP contribution in [0.2, 0.25) is 5.02 Å². The van der Waals surface area contributed by atoms with Gasteiger partial charge in [0.05, 0.1) is 15.5 Å². The van der Waals surface area contributed by atoms with Gasteiger partial charge in [-0.3, -0.25) is 0 Å². The zero-order valence-corrected chi connectivity index (χ0v) is 13.0. The Balaban J connectivity index is 0.00000200. The summed E-state index contributed by atoms with van der Waals surface area (Å²) in [5.41, 5.74) is 0.264. The summed E-state index contributed by atoms with van der Waals surface area (Å²) in [5, 5.41) is 12.1. The number of hydrogen-bond donors (Lipinski definition) is 2. The first-order chi connectivity index (χ1) is 9.03. The topological polar surface area (TPSA) is 82.0 Å². The summed E-state index contributed by atoms with van der Waals surface area (Å²) < 4.78 is 26.7. The Morgan fingerprint density at radius 2 is 2.25 bits per heavy atom. The average Bonchev–Trinajstić information content (AvgIpc) is 2.89. The molecular weight excluding hydrogens is 321 g/mol. The quantitative estimate of drug-likeness (QED) is 0.873. The van der Waals surface area contributed by atoms with Crippen molar-refractivity contribution >= 4 is 34.0 Å². The van der Waals surface area contributed by atoms with Gasteiger partial charge in [-0.15, -0.1) is 12.4 Å². The highest BCUT2D eigenvalue weighted by Crippen LogP contribution is 2.20. The molecule has 1 aromatic carbocycles. The van der Waals surface area contributed by atoms with Crippen LogP contribution >= 0.6 is 24.0 Å². The van der Waals surface area contributed by atoms with Gasteiger partial charge < -0.3 is 5.32 Å². The molecule has 0 saturated carbocycles. The molecule has 8 heteroatoms. The third-order valence-electron chi connectivity index (χ3n) is 3.10. The van der Waals surface area contributed by atoms with Crippen molar-refractivity contribution in [3.63, 3.8) is 0 Å². The number of halogens is 2. The molecule has 0 aliphatic carbocycles. The van der Waals surface area contributed by atoms with E-state index in [0.717, 1.165) is 19.5 Å². The monoisotopic (exact) mass is 335 g/mol. The van der Waals surface area contributed by atoms with E-state index < -0.39 is 10.0 Å². The Morgan fingerprint density at radius 1 is 1.50 bits per heavy atom. The molecule has 1 unspecified atom stereocenters. The number of nitriles is 1. The van der Waals surface area contributed by atoms with E-state index in [1.165, 1.54) is 18.2 Å². The lowest BCUT2D eigenvalue weighted by Gasteiger charge is -2.11. The Kier molecular flexibility index (Phi) is 6.24. The maximum Gasteiger partial charge on any atom is 0.240 e. The van der Waals surface area contributed by atoms with Crippen LogP contribution in [0, 0.1) is 17.2 Å². The van der Waals surface area contributed by atoms with Gasteiger partial charge in [-0.25, -0.2) is 13.1 Å². The fourth-order valence-electron chi connectivity index (χ4n) is 1.95. The molecule has 1 aliphatic heterocycles. The second kappa shape index (κ2) is 7.25. The number of nitrogens with one attached hydrogen (secondary N) is 2. The minimum absolute atomic E-state index is 0. The van der Waals surface area contributed by atoms with E-state index in [2.05, 4.69) is 10.0 Å². The van der Waals surface area contributed by atoms with Gasteiger partial charge in [0.15, 0.2) is 0 Å². The van der Waals surface area contributed by atoms with E-state index in [-0.39, 0.29) is 27.9 Å². The molecule has 0 radical (unpaired) electrons. The zero-order valence-electron chi connectivity index (χ0n) is 10.6. The Bertz CT molecular complexity index is 608. The van der Waals surface area contributed by atoms with E-state index in [4.69, 9.17) is 16.9 Å². The summed E-state index contributed by atoms with van der Waals surface area (Å²) in [6, 6.07) is 6.00. The van der Waals surface area contributed by atoms with Crippen LogP contribution in [-0.2, 0) is 10.0 Å². The average molecular weight is 336 g/mol. The van der Waals surface area contributed by atoms with Gasteiger partial charge in [0, 0.05) is 6.54 Å². The molecule has 1 saturated heterocycles. The van der Waals surface area contributed by atoms with Crippen molar-refractivity contribution in [1.29, 1.82) is 5.26 Å². The SMILES string of the molecule is Cl.N#Cc1ccc(S(=O)(=O)NCC2CCNC2)cc1Cl. The van der Waals surface area contributed by atoms with Crippen molar-refractivity contribution in [2.45, 2.75) is 11.3 Å². The van der Waals surface area contributed by atoms with Crippen molar-refractivity contribution in [3.05, 3.63) is 28.8 Å². The maximum atomic E-state index is 12.1. The van der Waals surface area contributed by atoms with E-state index in [9.17, 15) is 8.42 Å². The maximum absolute atomic E-state index is 12.1. The molecule has 0 amide bonds. The largest absolute Gasteiger partial charge is 0.316 e. The van der Waals surface area contributed by atoms with Gasteiger partial charge in [0.1, 0.15) is 6.07 Å². The summed E-state index contributed by atoms with van der Waals surface area (Å²) >= 11 is 5.84. The van der Waals surface area contributed by atoms with Crippen molar-refractivity contribution in [1.82, 2.24) is 10.0 Å².